The van der Waals surface area contributed by atoms with Gasteiger partial charge in [0.2, 0.25) is 0 Å². The number of methoxy groups -OCH3 is 1. The zero-order chi connectivity index (χ0) is 21.0. The zero-order valence-electron chi connectivity index (χ0n) is 15.3. The first kappa shape index (κ1) is 21.1. The second-order valence-electron chi connectivity index (χ2n) is 6.04. The van der Waals surface area contributed by atoms with Crippen molar-refractivity contribution in [1.29, 1.82) is 0 Å². The highest BCUT2D eigenvalue weighted by atomic mass is 32.2. The molecule has 0 spiro atoms. The molecule has 154 valence electrons. The number of anilines is 1. The van der Waals surface area contributed by atoms with Crippen molar-refractivity contribution in [3.05, 3.63) is 40.3 Å². The molecule has 1 amide bonds. The van der Waals surface area contributed by atoms with Crippen LogP contribution in [0.25, 0.3) is 0 Å². The van der Waals surface area contributed by atoms with E-state index in [4.69, 9.17) is 14.6 Å². The average Bonchev–Trinajstić information content (AvgIpc) is 3.05. The monoisotopic (exact) mass is 438 g/mol. The molecule has 11 heteroatoms. The van der Waals surface area contributed by atoms with Crippen LogP contribution in [-0.2, 0) is 27.4 Å². The molecule has 1 aliphatic heterocycles. The second kappa shape index (κ2) is 9.27. The summed E-state index contributed by atoms with van der Waals surface area (Å²) in [6.07, 6.45) is 0.0797. The minimum absolute atomic E-state index is 0.0136. The van der Waals surface area contributed by atoms with Crippen LogP contribution in [0.1, 0.15) is 20.8 Å². The fraction of sp³-hybridized carbons (Fsp3) is 0.278. The van der Waals surface area contributed by atoms with Crippen LogP contribution < -0.4 is 14.8 Å². The van der Waals surface area contributed by atoms with Crippen molar-refractivity contribution in [2.45, 2.75) is 24.0 Å². The summed E-state index contributed by atoms with van der Waals surface area (Å²) in [5.74, 6) is -3.41. The molecular weight excluding hydrogens is 420 g/mol. The van der Waals surface area contributed by atoms with Crippen molar-refractivity contribution in [3.8, 4) is 5.75 Å². The van der Waals surface area contributed by atoms with Gasteiger partial charge in [-0.2, -0.15) is 0 Å². The van der Waals surface area contributed by atoms with Crippen molar-refractivity contribution in [1.82, 2.24) is 4.72 Å². The zero-order valence-corrected chi connectivity index (χ0v) is 16.9. The van der Waals surface area contributed by atoms with Crippen molar-refractivity contribution >= 4 is 46.1 Å². The Kier molecular flexibility index (Phi) is 6.75. The first-order valence-corrected chi connectivity index (χ1v) is 10.1. The van der Waals surface area contributed by atoms with Gasteiger partial charge in [-0.1, -0.05) is 0 Å². The number of carbonyl (C=O) groups is 3. The number of benzene rings is 1. The highest BCUT2D eigenvalue weighted by molar-refractivity contribution is 7.97. The van der Waals surface area contributed by atoms with Crippen LogP contribution in [0.5, 0.6) is 5.75 Å². The molecule has 0 bridgehead atoms. The summed E-state index contributed by atoms with van der Waals surface area (Å²) in [4.78, 5) is 35.5. The summed E-state index contributed by atoms with van der Waals surface area (Å²) in [5, 5.41) is 20.5. The number of ether oxygens (including phenoxy) is 2. The van der Waals surface area contributed by atoms with Gasteiger partial charge in [0.1, 0.15) is 10.8 Å². The van der Waals surface area contributed by atoms with Crippen LogP contribution in [-0.4, -0.2) is 47.8 Å². The number of carboxylic acids is 2. The van der Waals surface area contributed by atoms with Gasteiger partial charge >= 0.3 is 17.8 Å². The van der Waals surface area contributed by atoms with Gasteiger partial charge in [-0.05, 0) is 41.8 Å². The van der Waals surface area contributed by atoms with Crippen LogP contribution in [0.2, 0.25) is 0 Å². The van der Waals surface area contributed by atoms with E-state index in [1.165, 1.54) is 11.9 Å². The predicted octanol–water partition coefficient (Wildman–Crippen LogP) is 2.22. The first-order chi connectivity index (χ1) is 13.9. The fourth-order valence-electron chi connectivity index (χ4n) is 2.79. The molecule has 4 N–H and O–H groups in total. The van der Waals surface area contributed by atoms with Crippen molar-refractivity contribution < 1.29 is 34.1 Å². The maximum atomic E-state index is 11.7. The number of aromatic carboxylic acids is 1. The lowest BCUT2D eigenvalue weighted by Gasteiger charge is -2.23. The Hall–Kier alpha value is -2.60. The number of hydrogen-bond donors (Lipinski definition) is 4. The van der Waals surface area contributed by atoms with Crippen LogP contribution in [0.15, 0.2) is 29.2 Å². The van der Waals surface area contributed by atoms with E-state index in [9.17, 15) is 19.5 Å². The first-order valence-electron chi connectivity index (χ1n) is 8.46. The molecule has 2 heterocycles. The second-order valence-corrected chi connectivity index (χ2v) is 8.10. The Balaban J connectivity index is 1.64. The van der Waals surface area contributed by atoms with E-state index in [0.29, 0.717) is 23.4 Å². The lowest BCUT2D eigenvalue weighted by molar-refractivity contribution is -0.147. The third-order valence-electron chi connectivity index (χ3n) is 4.17. The number of carboxylic acid groups (broad SMARTS) is 2. The summed E-state index contributed by atoms with van der Waals surface area (Å²) in [6.45, 7) is 0.671. The quantitative estimate of drug-likeness (QED) is 0.379. The van der Waals surface area contributed by atoms with Crippen LogP contribution in [0, 0.1) is 0 Å². The molecule has 29 heavy (non-hydrogen) atoms. The van der Waals surface area contributed by atoms with Gasteiger partial charge in [0.25, 0.3) is 0 Å². The standard InChI is InChI=1S/C18H18N2O7S2/c1-26-9-2-4-11(5-3-9)29-19-7-10-6-12-13(8-27-10)28-16(14(12)17(22)23)20-15(21)18(24)25/h2-5,10,19H,6-8H2,1H3,(H,20,21)(H,22,23)(H,24,25). The number of aliphatic carboxylic acids is 1. The molecular formula is C18H18N2O7S2. The highest BCUT2D eigenvalue weighted by Gasteiger charge is 2.30. The molecule has 3 rings (SSSR count). The van der Waals surface area contributed by atoms with Crippen molar-refractivity contribution in [2.24, 2.45) is 0 Å². The van der Waals surface area contributed by atoms with E-state index >= 15 is 0 Å². The molecule has 1 aliphatic rings. The van der Waals surface area contributed by atoms with Gasteiger partial charge in [-0.3, -0.25) is 9.52 Å². The molecule has 1 atom stereocenters. The number of nitrogens with one attached hydrogen (secondary N) is 2. The normalized spacial score (nSPS) is 15.4. The minimum atomic E-state index is -1.68. The Morgan fingerprint density at radius 1 is 1.28 bits per heavy atom. The van der Waals surface area contributed by atoms with E-state index in [0.717, 1.165) is 22.0 Å². The number of thiophene rings is 1. The fourth-order valence-corrected chi connectivity index (χ4v) is 4.63. The van der Waals surface area contributed by atoms with E-state index in [1.54, 1.807) is 7.11 Å². The number of hydrogen-bond acceptors (Lipinski definition) is 8. The maximum absolute atomic E-state index is 11.7. The number of amides is 1. The Labute approximate surface area is 174 Å². The summed E-state index contributed by atoms with van der Waals surface area (Å²) in [7, 11) is 1.60. The lowest BCUT2D eigenvalue weighted by Crippen LogP contribution is -2.31. The molecule has 1 unspecified atom stereocenters. The van der Waals surface area contributed by atoms with Gasteiger partial charge in [-0.15, -0.1) is 11.3 Å². The average molecular weight is 438 g/mol. The Morgan fingerprint density at radius 2 is 2.00 bits per heavy atom. The SMILES string of the molecule is COc1ccc(SNCC2Cc3c(sc(NC(=O)C(=O)O)c3C(=O)O)CO2)cc1. The van der Waals surface area contributed by atoms with Gasteiger partial charge in [0.05, 0.1) is 25.4 Å². The molecule has 0 fully saturated rings. The number of rotatable bonds is 7. The summed E-state index contributed by atoms with van der Waals surface area (Å²) >= 11 is 2.44. The summed E-state index contributed by atoms with van der Waals surface area (Å²) in [5.41, 5.74) is 0.492. The molecule has 9 nitrogen and oxygen atoms in total. The number of fused-ring (bicyclic) bond motifs is 1. The largest absolute Gasteiger partial charge is 0.497 e. The predicted molar refractivity (Wildman–Crippen MR) is 107 cm³/mol. The van der Waals surface area contributed by atoms with Crippen molar-refractivity contribution in [2.75, 3.05) is 19.0 Å². The lowest BCUT2D eigenvalue weighted by atomic mass is 10.0. The maximum Gasteiger partial charge on any atom is 0.394 e. The molecule has 0 saturated carbocycles. The van der Waals surface area contributed by atoms with Gasteiger partial charge < -0.3 is 25.0 Å². The third kappa shape index (κ3) is 5.07. The highest BCUT2D eigenvalue weighted by Crippen LogP contribution is 2.38. The van der Waals surface area contributed by atoms with Crippen LogP contribution in [0.3, 0.4) is 0 Å². The Morgan fingerprint density at radius 3 is 2.62 bits per heavy atom. The van der Waals surface area contributed by atoms with Crippen molar-refractivity contribution in [3.63, 3.8) is 0 Å². The summed E-state index contributed by atoms with van der Waals surface area (Å²) < 4.78 is 14.1. The minimum Gasteiger partial charge on any atom is -0.497 e. The topological polar surface area (TPSA) is 134 Å². The van der Waals surface area contributed by atoms with Gasteiger partial charge in [-0.25, -0.2) is 9.59 Å². The third-order valence-corrected chi connectivity index (χ3v) is 6.11. The van der Waals surface area contributed by atoms with Crippen LogP contribution in [0.4, 0.5) is 5.00 Å². The summed E-state index contributed by atoms with van der Waals surface area (Å²) in [6, 6.07) is 7.53. The molecule has 0 radical (unpaired) electrons. The van der Waals surface area contributed by atoms with Gasteiger partial charge in [0.15, 0.2) is 0 Å². The molecule has 1 aromatic heterocycles. The van der Waals surface area contributed by atoms with Crippen LogP contribution >= 0.6 is 23.3 Å². The molecule has 2 aromatic rings. The van der Waals surface area contributed by atoms with E-state index in [-0.39, 0.29) is 23.3 Å². The molecule has 1 aromatic carbocycles. The number of carbonyl (C=O) groups excluding carboxylic acids is 1. The smallest absolute Gasteiger partial charge is 0.394 e. The van der Waals surface area contributed by atoms with E-state index < -0.39 is 17.8 Å². The van der Waals surface area contributed by atoms with Gasteiger partial charge in [0, 0.05) is 22.7 Å². The Bertz CT molecular complexity index is 927. The molecule has 0 aliphatic carbocycles. The molecule has 0 saturated heterocycles. The van der Waals surface area contributed by atoms with E-state index in [2.05, 4.69) is 10.0 Å². The van der Waals surface area contributed by atoms with E-state index in [1.807, 2.05) is 24.3 Å².